The van der Waals surface area contributed by atoms with Crippen LogP contribution in [0.25, 0.3) is 0 Å². The summed E-state index contributed by atoms with van der Waals surface area (Å²) in [6.07, 6.45) is 0. The zero-order valence-electron chi connectivity index (χ0n) is 7.43. The molecule has 0 spiro atoms. The second kappa shape index (κ2) is 5.67. The second-order valence-corrected chi connectivity index (χ2v) is 2.47. The number of benzene rings is 1. The molecule has 1 aromatic rings. The fraction of sp³-hybridized carbons (Fsp3) is 0.200. The highest BCUT2D eigenvalue weighted by atomic mass is 35.5. The first-order chi connectivity index (χ1) is 5.75. The monoisotopic (exact) mass is 184 g/mol. The van der Waals surface area contributed by atoms with Gasteiger partial charge in [0.2, 0.25) is 0 Å². The topological polar surface area (TPSA) is 9.23 Å². The van der Waals surface area contributed by atoms with Gasteiger partial charge >= 0.3 is 0 Å². The largest absolute Gasteiger partial charge is 0.495 e. The molecule has 0 bridgehead atoms. The molecule has 66 valence electrons. The molecule has 1 rings (SSSR count). The molecule has 12 heavy (non-hydrogen) atoms. The lowest BCUT2D eigenvalue weighted by molar-refractivity contribution is 0.414. The maximum Gasteiger partial charge on any atom is 0.137 e. The van der Waals surface area contributed by atoms with Crippen LogP contribution in [0.15, 0.2) is 31.4 Å². The van der Waals surface area contributed by atoms with Crippen molar-refractivity contribution < 1.29 is 4.74 Å². The summed E-state index contributed by atoms with van der Waals surface area (Å²) in [6, 6.07) is 5.71. The van der Waals surface area contributed by atoms with E-state index in [1.54, 1.807) is 7.11 Å². The molecular formula is C10H13ClO. The van der Waals surface area contributed by atoms with Gasteiger partial charge in [-0.1, -0.05) is 23.7 Å². The summed E-state index contributed by atoms with van der Waals surface area (Å²) in [4.78, 5) is 0. The van der Waals surface area contributed by atoms with Gasteiger partial charge < -0.3 is 4.74 Å². The van der Waals surface area contributed by atoms with Crippen LogP contribution in [-0.4, -0.2) is 7.11 Å². The fourth-order valence-electron chi connectivity index (χ4n) is 0.778. The normalized spacial score (nSPS) is 8.25. The summed E-state index contributed by atoms with van der Waals surface area (Å²) in [5.41, 5.74) is 1.04. The van der Waals surface area contributed by atoms with Crippen LogP contribution in [0.4, 0.5) is 0 Å². The molecule has 0 atom stereocenters. The Bertz CT molecular complexity index is 246. The van der Waals surface area contributed by atoms with Crippen molar-refractivity contribution in [2.45, 2.75) is 6.92 Å². The van der Waals surface area contributed by atoms with Crippen molar-refractivity contribution in [3.8, 4) is 5.75 Å². The number of rotatable bonds is 1. The average molecular weight is 185 g/mol. The lowest BCUT2D eigenvalue weighted by Gasteiger charge is -2.03. The fourth-order valence-corrected chi connectivity index (χ4v) is 0.981. The minimum atomic E-state index is 0.699. The van der Waals surface area contributed by atoms with Gasteiger partial charge in [0, 0.05) is 0 Å². The van der Waals surface area contributed by atoms with E-state index in [1.807, 2.05) is 25.1 Å². The quantitative estimate of drug-likeness (QED) is 0.608. The van der Waals surface area contributed by atoms with Gasteiger partial charge in [-0.2, -0.15) is 0 Å². The van der Waals surface area contributed by atoms with E-state index in [9.17, 15) is 0 Å². The Kier molecular flexibility index (Phi) is 5.22. The van der Waals surface area contributed by atoms with E-state index < -0.39 is 0 Å². The molecule has 1 aromatic carbocycles. The van der Waals surface area contributed by atoms with Crippen LogP contribution < -0.4 is 4.74 Å². The van der Waals surface area contributed by atoms with E-state index >= 15 is 0 Å². The first-order valence-electron chi connectivity index (χ1n) is 3.55. The molecule has 2 heteroatoms. The molecule has 0 unspecified atom stereocenters. The molecule has 0 aliphatic heterocycles. The third kappa shape index (κ3) is 2.59. The summed E-state index contributed by atoms with van der Waals surface area (Å²) >= 11 is 5.87. The highest BCUT2D eigenvalue weighted by Crippen LogP contribution is 2.26. The lowest BCUT2D eigenvalue weighted by atomic mass is 10.2. The van der Waals surface area contributed by atoms with Gasteiger partial charge in [-0.15, -0.1) is 13.2 Å². The second-order valence-electron chi connectivity index (χ2n) is 2.09. The van der Waals surface area contributed by atoms with E-state index in [0.717, 1.165) is 11.3 Å². The number of methoxy groups -OCH3 is 1. The van der Waals surface area contributed by atoms with Crippen molar-refractivity contribution in [2.24, 2.45) is 0 Å². The predicted octanol–water partition coefficient (Wildman–Crippen LogP) is 3.46. The highest BCUT2D eigenvalue weighted by Gasteiger charge is 1.99. The van der Waals surface area contributed by atoms with E-state index in [0.29, 0.717) is 5.02 Å². The Labute approximate surface area is 78.6 Å². The predicted molar refractivity (Wildman–Crippen MR) is 54.0 cm³/mol. The maximum atomic E-state index is 5.87. The maximum absolute atomic E-state index is 5.87. The van der Waals surface area contributed by atoms with Crippen LogP contribution >= 0.6 is 11.6 Å². The SMILES string of the molecule is C=C.COc1cccc(C)c1Cl. The third-order valence-electron chi connectivity index (χ3n) is 1.38. The van der Waals surface area contributed by atoms with Gasteiger partial charge in [0.25, 0.3) is 0 Å². The zero-order chi connectivity index (χ0) is 9.56. The number of ether oxygens (including phenoxy) is 1. The van der Waals surface area contributed by atoms with E-state index in [1.165, 1.54) is 0 Å². The molecule has 0 saturated carbocycles. The standard InChI is InChI=1S/C8H9ClO.C2H4/c1-6-4-3-5-7(10-2)8(6)9;1-2/h3-5H,1-2H3;1-2H2. The van der Waals surface area contributed by atoms with Gasteiger partial charge in [-0.05, 0) is 18.6 Å². The lowest BCUT2D eigenvalue weighted by Crippen LogP contribution is -1.84. The van der Waals surface area contributed by atoms with Crippen LogP contribution in [0.1, 0.15) is 5.56 Å². The summed E-state index contributed by atoms with van der Waals surface area (Å²) in [5, 5.41) is 0.699. The third-order valence-corrected chi connectivity index (χ3v) is 1.86. The smallest absolute Gasteiger partial charge is 0.137 e. The number of halogens is 1. The van der Waals surface area contributed by atoms with E-state index in [4.69, 9.17) is 16.3 Å². The van der Waals surface area contributed by atoms with Gasteiger partial charge in [0.15, 0.2) is 0 Å². The minimum absolute atomic E-state index is 0.699. The molecule has 0 aliphatic carbocycles. The highest BCUT2D eigenvalue weighted by molar-refractivity contribution is 6.32. The molecule has 0 aliphatic rings. The van der Waals surface area contributed by atoms with Crippen LogP contribution in [0.5, 0.6) is 5.75 Å². The van der Waals surface area contributed by atoms with Gasteiger partial charge in [0.1, 0.15) is 5.75 Å². The molecule has 0 saturated heterocycles. The summed E-state index contributed by atoms with van der Waals surface area (Å²) in [6.45, 7) is 7.95. The minimum Gasteiger partial charge on any atom is -0.495 e. The van der Waals surface area contributed by atoms with Crippen LogP contribution in [0, 0.1) is 6.92 Å². The molecule has 0 radical (unpaired) electrons. The Morgan fingerprint density at radius 3 is 2.33 bits per heavy atom. The Hall–Kier alpha value is -0.950. The van der Waals surface area contributed by atoms with Crippen LogP contribution in [0.2, 0.25) is 5.02 Å². The number of hydrogen-bond donors (Lipinski definition) is 0. The molecule has 0 N–H and O–H groups in total. The Balaban J connectivity index is 0.000000561. The Morgan fingerprint density at radius 1 is 1.33 bits per heavy atom. The molecule has 1 nitrogen and oxygen atoms in total. The van der Waals surface area contributed by atoms with Gasteiger partial charge in [-0.25, -0.2) is 0 Å². The van der Waals surface area contributed by atoms with Crippen molar-refractivity contribution in [1.29, 1.82) is 0 Å². The number of hydrogen-bond acceptors (Lipinski definition) is 1. The first kappa shape index (κ1) is 11.1. The van der Waals surface area contributed by atoms with E-state index in [-0.39, 0.29) is 0 Å². The van der Waals surface area contributed by atoms with Crippen molar-refractivity contribution in [1.82, 2.24) is 0 Å². The van der Waals surface area contributed by atoms with E-state index in [2.05, 4.69) is 13.2 Å². The van der Waals surface area contributed by atoms with Crippen molar-refractivity contribution in [3.05, 3.63) is 41.9 Å². The van der Waals surface area contributed by atoms with Crippen LogP contribution in [0.3, 0.4) is 0 Å². The summed E-state index contributed by atoms with van der Waals surface area (Å²) in [5.74, 6) is 0.738. The summed E-state index contributed by atoms with van der Waals surface area (Å²) in [7, 11) is 1.61. The zero-order valence-corrected chi connectivity index (χ0v) is 8.19. The van der Waals surface area contributed by atoms with Crippen molar-refractivity contribution >= 4 is 11.6 Å². The molecular weight excluding hydrogens is 172 g/mol. The van der Waals surface area contributed by atoms with Crippen molar-refractivity contribution in [2.75, 3.05) is 7.11 Å². The molecule has 0 aromatic heterocycles. The van der Waals surface area contributed by atoms with Gasteiger partial charge in [0.05, 0.1) is 12.1 Å². The summed E-state index contributed by atoms with van der Waals surface area (Å²) < 4.78 is 4.99. The van der Waals surface area contributed by atoms with Crippen LogP contribution in [-0.2, 0) is 0 Å². The molecule has 0 fully saturated rings. The average Bonchev–Trinajstić information content (AvgIpc) is 2.13. The van der Waals surface area contributed by atoms with Crippen molar-refractivity contribution in [3.63, 3.8) is 0 Å². The number of aryl methyl sites for hydroxylation is 1. The molecule has 0 amide bonds. The first-order valence-corrected chi connectivity index (χ1v) is 3.92. The Morgan fingerprint density at radius 2 is 1.92 bits per heavy atom. The molecule has 0 heterocycles. The van der Waals surface area contributed by atoms with Gasteiger partial charge in [-0.3, -0.25) is 0 Å².